The van der Waals surface area contributed by atoms with Gasteiger partial charge in [-0.3, -0.25) is 14.5 Å². The Morgan fingerprint density at radius 3 is 2.33 bits per heavy atom. The van der Waals surface area contributed by atoms with E-state index in [1.807, 2.05) is 32.9 Å². The number of hydrogen-bond donors (Lipinski definition) is 1. The first kappa shape index (κ1) is 15.3. The summed E-state index contributed by atoms with van der Waals surface area (Å²) in [4.78, 5) is 25.3. The zero-order valence-corrected chi connectivity index (χ0v) is 12.8. The third-order valence-corrected chi connectivity index (χ3v) is 3.47. The molecule has 1 aromatic carbocycles. The Morgan fingerprint density at radius 1 is 1.14 bits per heavy atom. The van der Waals surface area contributed by atoms with Gasteiger partial charge in [-0.2, -0.15) is 0 Å². The Bertz CT molecular complexity index is 597. The lowest BCUT2D eigenvalue weighted by atomic mass is 10.0. The number of amides is 2. The average Bonchev–Trinajstić information content (AvgIpc) is 2.66. The predicted octanol–water partition coefficient (Wildman–Crippen LogP) is 1.92. The van der Waals surface area contributed by atoms with Crippen molar-refractivity contribution in [2.75, 3.05) is 25.6 Å². The molecule has 0 fully saturated rings. The van der Waals surface area contributed by atoms with Crippen LogP contribution >= 0.6 is 0 Å². The Balaban J connectivity index is 2.20. The van der Waals surface area contributed by atoms with E-state index >= 15 is 0 Å². The van der Waals surface area contributed by atoms with E-state index in [1.165, 1.54) is 23.6 Å². The van der Waals surface area contributed by atoms with Gasteiger partial charge in [0.1, 0.15) is 5.70 Å². The van der Waals surface area contributed by atoms with Crippen LogP contribution in [0.5, 0.6) is 0 Å². The van der Waals surface area contributed by atoms with Gasteiger partial charge in [0, 0.05) is 18.9 Å². The molecule has 1 heterocycles. The van der Waals surface area contributed by atoms with Crippen LogP contribution in [-0.4, -0.2) is 37.0 Å². The highest BCUT2D eigenvalue weighted by Gasteiger charge is 2.31. The Labute approximate surface area is 124 Å². The summed E-state index contributed by atoms with van der Waals surface area (Å²) in [7, 11) is 1.54. The fraction of sp³-hybridized carbons (Fsp3) is 0.375. The van der Waals surface area contributed by atoms with Crippen molar-refractivity contribution in [3.05, 3.63) is 40.6 Å². The number of nitrogens with one attached hydrogen (secondary N) is 1. The summed E-state index contributed by atoms with van der Waals surface area (Å²) in [6, 6.07) is 4.08. The third-order valence-electron chi connectivity index (χ3n) is 3.47. The van der Waals surface area contributed by atoms with Gasteiger partial charge in [0.05, 0.1) is 13.2 Å². The lowest BCUT2D eigenvalue weighted by Gasteiger charge is -2.16. The van der Waals surface area contributed by atoms with Crippen LogP contribution < -0.4 is 5.32 Å². The van der Waals surface area contributed by atoms with Crippen LogP contribution in [-0.2, 0) is 14.3 Å². The van der Waals surface area contributed by atoms with Crippen LogP contribution in [0.1, 0.15) is 16.7 Å². The number of ether oxygens (including phenoxy) is 1. The number of aryl methyl sites for hydroxylation is 3. The van der Waals surface area contributed by atoms with Gasteiger partial charge >= 0.3 is 0 Å². The van der Waals surface area contributed by atoms with E-state index in [0.717, 1.165) is 16.8 Å². The number of carbonyl (C=O) groups is 2. The van der Waals surface area contributed by atoms with Crippen molar-refractivity contribution in [3.8, 4) is 0 Å². The lowest BCUT2D eigenvalue weighted by molar-refractivity contribution is -0.137. The molecular formula is C16H20N2O3. The molecule has 0 aromatic heterocycles. The number of rotatable bonds is 5. The molecule has 2 rings (SSSR count). The van der Waals surface area contributed by atoms with Crippen LogP contribution in [0.3, 0.4) is 0 Å². The summed E-state index contributed by atoms with van der Waals surface area (Å²) in [5, 5.41) is 3.10. The molecule has 0 aliphatic carbocycles. The molecule has 1 aromatic rings. The largest absolute Gasteiger partial charge is 0.383 e. The maximum absolute atomic E-state index is 12.2. The van der Waals surface area contributed by atoms with Crippen LogP contribution in [0.25, 0.3) is 0 Å². The van der Waals surface area contributed by atoms with Crippen LogP contribution in [0.15, 0.2) is 23.9 Å². The summed E-state index contributed by atoms with van der Waals surface area (Å²) >= 11 is 0. The van der Waals surface area contributed by atoms with Crippen LogP contribution in [0, 0.1) is 20.8 Å². The maximum atomic E-state index is 12.2. The molecule has 0 bridgehead atoms. The van der Waals surface area contributed by atoms with Crippen LogP contribution in [0.4, 0.5) is 5.69 Å². The smallest absolute Gasteiger partial charge is 0.277 e. The van der Waals surface area contributed by atoms with Gasteiger partial charge in [0.2, 0.25) is 0 Å². The molecule has 2 amide bonds. The molecule has 0 saturated heterocycles. The van der Waals surface area contributed by atoms with E-state index in [1.54, 1.807) is 0 Å². The van der Waals surface area contributed by atoms with Gasteiger partial charge in [0.15, 0.2) is 0 Å². The Kier molecular flexibility index (Phi) is 4.43. The minimum atomic E-state index is -0.309. The van der Waals surface area contributed by atoms with Crippen molar-refractivity contribution < 1.29 is 14.3 Å². The van der Waals surface area contributed by atoms with Gasteiger partial charge in [0.25, 0.3) is 11.8 Å². The molecular weight excluding hydrogens is 268 g/mol. The Hall–Kier alpha value is -2.14. The summed E-state index contributed by atoms with van der Waals surface area (Å²) in [5.41, 5.74) is 4.45. The molecule has 0 spiro atoms. The molecule has 5 nitrogen and oxygen atoms in total. The second-order valence-electron chi connectivity index (χ2n) is 5.24. The molecule has 1 aliphatic heterocycles. The summed E-state index contributed by atoms with van der Waals surface area (Å²) in [5.74, 6) is -0.613. The van der Waals surface area contributed by atoms with Crippen molar-refractivity contribution in [1.29, 1.82) is 0 Å². The molecule has 21 heavy (non-hydrogen) atoms. The standard InChI is InChI=1S/C16H20N2O3/c1-10-7-11(2)15(12(3)8-10)17-13-9-14(19)18(16(13)20)5-6-21-4/h7-9,17H,5-6H2,1-4H3. The van der Waals surface area contributed by atoms with Gasteiger partial charge in [-0.25, -0.2) is 0 Å². The van der Waals surface area contributed by atoms with Crippen molar-refractivity contribution in [3.63, 3.8) is 0 Å². The predicted molar refractivity (Wildman–Crippen MR) is 81.0 cm³/mol. The minimum absolute atomic E-state index is 0.266. The summed E-state index contributed by atoms with van der Waals surface area (Å²) < 4.78 is 4.92. The van der Waals surface area contributed by atoms with E-state index < -0.39 is 0 Å². The normalized spacial score (nSPS) is 14.7. The van der Waals surface area contributed by atoms with Crippen LogP contribution in [0.2, 0.25) is 0 Å². The quantitative estimate of drug-likeness (QED) is 0.841. The van der Waals surface area contributed by atoms with E-state index in [0.29, 0.717) is 12.3 Å². The highest BCUT2D eigenvalue weighted by atomic mass is 16.5. The van der Waals surface area contributed by atoms with Gasteiger partial charge in [-0.1, -0.05) is 17.7 Å². The van der Waals surface area contributed by atoms with Crippen molar-refractivity contribution in [1.82, 2.24) is 4.90 Å². The number of nitrogens with zero attached hydrogens (tertiary/aromatic N) is 1. The average molecular weight is 288 g/mol. The molecule has 0 atom stereocenters. The molecule has 1 N–H and O–H groups in total. The molecule has 1 aliphatic rings. The van der Waals surface area contributed by atoms with Gasteiger partial charge < -0.3 is 10.1 Å². The fourth-order valence-electron chi connectivity index (χ4n) is 2.50. The lowest BCUT2D eigenvalue weighted by Crippen LogP contribution is -2.34. The van der Waals surface area contributed by atoms with Crippen molar-refractivity contribution in [2.24, 2.45) is 0 Å². The molecule has 0 unspecified atom stereocenters. The fourth-order valence-corrected chi connectivity index (χ4v) is 2.50. The number of benzene rings is 1. The van der Waals surface area contributed by atoms with Gasteiger partial charge in [-0.05, 0) is 31.9 Å². The Morgan fingerprint density at radius 2 is 1.76 bits per heavy atom. The number of imide groups is 1. The third kappa shape index (κ3) is 3.13. The number of hydrogen-bond acceptors (Lipinski definition) is 4. The van der Waals surface area contributed by atoms with Gasteiger partial charge in [-0.15, -0.1) is 0 Å². The highest BCUT2D eigenvalue weighted by molar-refractivity contribution is 6.17. The monoisotopic (exact) mass is 288 g/mol. The topological polar surface area (TPSA) is 58.6 Å². The van der Waals surface area contributed by atoms with E-state index in [2.05, 4.69) is 5.32 Å². The summed E-state index contributed by atoms with van der Waals surface area (Å²) in [6.07, 6.45) is 1.34. The minimum Gasteiger partial charge on any atom is -0.383 e. The van der Waals surface area contributed by atoms with Crippen molar-refractivity contribution in [2.45, 2.75) is 20.8 Å². The van der Waals surface area contributed by atoms with Crippen molar-refractivity contribution >= 4 is 17.5 Å². The zero-order chi connectivity index (χ0) is 15.6. The van der Waals surface area contributed by atoms with E-state index in [9.17, 15) is 9.59 Å². The second-order valence-corrected chi connectivity index (χ2v) is 5.24. The first-order chi connectivity index (χ1) is 9.93. The highest BCUT2D eigenvalue weighted by Crippen LogP contribution is 2.25. The first-order valence-corrected chi connectivity index (χ1v) is 6.85. The molecule has 5 heteroatoms. The summed E-state index contributed by atoms with van der Waals surface area (Å²) in [6.45, 7) is 6.59. The zero-order valence-electron chi connectivity index (χ0n) is 12.8. The van der Waals surface area contributed by atoms with E-state index in [4.69, 9.17) is 4.74 Å². The van der Waals surface area contributed by atoms with E-state index in [-0.39, 0.29) is 18.4 Å². The SMILES string of the molecule is COCCN1C(=O)C=C(Nc2c(C)cc(C)cc2C)C1=O. The maximum Gasteiger partial charge on any atom is 0.277 e. The molecule has 112 valence electrons. The molecule has 0 saturated carbocycles. The second kappa shape index (κ2) is 6.10. The number of methoxy groups -OCH3 is 1. The molecule has 0 radical (unpaired) electrons. The first-order valence-electron chi connectivity index (χ1n) is 6.85. The number of carbonyl (C=O) groups excluding carboxylic acids is 2. The number of anilines is 1.